The van der Waals surface area contributed by atoms with Crippen molar-refractivity contribution in [2.45, 2.75) is 13.5 Å². The molecule has 0 spiro atoms. The summed E-state index contributed by atoms with van der Waals surface area (Å²) in [7, 11) is 0. The molecular weight excluding hydrogens is 276 g/mol. The zero-order valence-corrected chi connectivity index (χ0v) is 11.4. The Bertz CT molecular complexity index is 651. The first-order valence-electron chi connectivity index (χ1n) is 6.31. The Hall–Kier alpha value is -2.63. The Kier molecular flexibility index (Phi) is 4.37. The molecule has 0 fully saturated rings. The van der Waals surface area contributed by atoms with Crippen molar-refractivity contribution in [3.8, 4) is 0 Å². The summed E-state index contributed by atoms with van der Waals surface area (Å²) in [6.07, 6.45) is 0. The number of amides is 2. The highest BCUT2D eigenvalue weighted by atomic mass is 19.1. The number of urea groups is 1. The Labute approximate surface area is 121 Å². The monoisotopic (exact) mass is 291 g/mol. The summed E-state index contributed by atoms with van der Waals surface area (Å²) >= 11 is 0. The van der Waals surface area contributed by atoms with Crippen molar-refractivity contribution in [3.05, 3.63) is 59.2 Å². The maximum Gasteiger partial charge on any atom is 0.319 e. The van der Waals surface area contributed by atoms with Crippen molar-refractivity contribution in [1.29, 1.82) is 0 Å². The molecule has 0 aliphatic carbocycles. The molecule has 2 aromatic carbocycles. The van der Waals surface area contributed by atoms with Gasteiger partial charge in [-0.25, -0.2) is 13.6 Å². The van der Waals surface area contributed by atoms with Crippen LogP contribution >= 0.6 is 0 Å². The van der Waals surface area contributed by atoms with Crippen molar-refractivity contribution >= 4 is 17.4 Å². The molecule has 0 aliphatic heterocycles. The first-order chi connectivity index (χ1) is 9.97. The molecular formula is C15H15F2N3O. The Balaban J connectivity index is 2.01. The Morgan fingerprint density at radius 2 is 1.95 bits per heavy atom. The molecule has 0 heterocycles. The number of rotatable bonds is 3. The molecule has 21 heavy (non-hydrogen) atoms. The first kappa shape index (κ1) is 14.8. The molecule has 0 atom stereocenters. The molecule has 0 bridgehead atoms. The largest absolute Gasteiger partial charge is 0.397 e. The average molecular weight is 291 g/mol. The second-order valence-corrected chi connectivity index (χ2v) is 4.59. The fourth-order valence-corrected chi connectivity index (χ4v) is 1.87. The third kappa shape index (κ3) is 3.68. The number of nitrogens with two attached hydrogens (primary N) is 1. The number of benzene rings is 2. The number of carbonyl (C=O) groups is 1. The number of halogens is 2. The number of hydrogen-bond donors (Lipinski definition) is 3. The molecule has 6 heteroatoms. The van der Waals surface area contributed by atoms with E-state index in [-0.39, 0.29) is 11.4 Å². The lowest BCUT2D eigenvalue weighted by Crippen LogP contribution is -2.29. The van der Waals surface area contributed by atoms with Gasteiger partial charge in [-0.05, 0) is 24.1 Å². The van der Waals surface area contributed by atoms with Crippen molar-refractivity contribution in [3.63, 3.8) is 0 Å². The minimum atomic E-state index is -0.918. The van der Waals surface area contributed by atoms with E-state index < -0.39 is 17.7 Å². The van der Waals surface area contributed by atoms with Crippen LogP contribution in [0.3, 0.4) is 0 Å². The van der Waals surface area contributed by atoms with Crippen LogP contribution < -0.4 is 16.4 Å². The number of carbonyl (C=O) groups excluding carboxylic acids is 1. The summed E-state index contributed by atoms with van der Waals surface area (Å²) in [4.78, 5) is 11.7. The van der Waals surface area contributed by atoms with Gasteiger partial charge in [-0.1, -0.05) is 24.3 Å². The molecule has 4 N–H and O–H groups in total. The molecule has 110 valence electrons. The molecule has 4 nitrogen and oxygen atoms in total. The molecule has 2 rings (SSSR count). The summed E-state index contributed by atoms with van der Waals surface area (Å²) in [5.41, 5.74) is 7.05. The van der Waals surface area contributed by atoms with Crippen LogP contribution in [0.25, 0.3) is 0 Å². The van der Waals surface area contributed by atoms with Gasteiger partial charge in [0.2, 0.25) is 0 Å². The van der Waals surface area contributed by atoms with Gasteiger partial charge >= 0.3 is 6.03 Å². The fourth-order valence-electron chi connectivity index (χ4n) is 1.87. The zero-order chi connectivity index (χ0) is 15.4. The lowest BCUT2D eigenvalue weighted by molar-refractivity contribution is 0.251. The van der Waals surface area contributed by atoms with E-state index in [4.69, 9.17) is 5.73 Å². The average Bonchev–Trinajstić information content (AvgIpc) is 2.42. The normalized spacial score (nSPS) is 10.2. The van der Waals surface area contributed by atoms with E-state index in [1.165, 1.54) is 0 Å². The Morgan fingerprint density at radius 1 is 1.24 bits per heavy atom. The maximum atomic E-state index is 13.5. The van der Waals surface area contributed by atoms with Gasteiger partial charge in [0.15, 0.2) is 5.82 Å². The highest BCUT2D eigenvalue weighted by molar-refractivity contribution is 5.92. The van der Waals surface area contributed by atoms with Crippen LogP contribution in [0.1, 0.15) is 11.1 Å². The van der Waals surface area contributed by atoms with E-state index in [9.17, 15) is 13.6 Å². The maximum absolute atomic E-state index is 13.5. The standard InChI is InChI=1S/C15H15F2N3O/c1-9-4-2-3-5-10(9)8-19-15(21)20-14-12(17)6-11(16)7-13(14)18/h2-7H,8,18H2,1H3,(H2,19,20,21). The SMILES string of the molecule is Cc1ccccc1CNC(=O)Nc1c(N)cc(F)cc1F. The Morgan fingerprint density at radius 3 is 2.62 bits per heavy atom. The van der Waals surface area contributed by atoms with Crippen LogP contribution in [0.4, 0.5) is 25.0 Å². The van der Waals surface area contributed by atoms with Crippen LogP contribution in [-0.2, 0) is 6.54 Å². The van der Waals surface area contributed by atoms with E-state index in [0.717, 1.165) is 17.2 Å². The molecule has 0 unspecified atom stereocenters. The number of nitrogens with one attached hydrogen (secondary N) is 2. The van der Waals surface area contributed by atoms with Crippen molar-refractivity contribution in [2.24, 2.45) is 0 Å². The summed E-state index contributed by atoms with van der Waals surface area (Å²) < 4.78 is 26.4. The van der Waals surface area contributed by atoms with E-state index in [0.29, 0.717) is 12.6 Å². The highest BCUT2D eigenvalue weighted by Crippen LogP contribution is 2.23. The van der Waals surface area contributed by atoms with Crippen LogP contribution in [0, 0.1) is 18.6 Å². The van der Waals surface area contributed by atoms with Gasteiger partial charge in [-0.3, -0.25) is 0 Å². The quantitative estimate of drug-likeness (QED) is 0.760. The molecule has 0 aliphatic rings. The van der Waals surface area contributed by atoms with Gasteiger partial charge in [0.05, 0.1) is 5.69 Å². The second kappa shape index (κ2) is 6.21. The predicted molar refractivity (Wildman–Crippen MR) is 77.8 cm³/mol. The second-order valence-electron chi connectivity index (χ2n) is 4.59. The number of anilines is 2. The van der Waals surface area contributed by atoms with Crippen LogP contribution in [0.15, 0.2) is 36.4 Å². The number of nitrogen functional groups attached to an aromatic ring is 1. The van der Waals surface area contributed by atoms with Gasteiger partial charge in [-0.2, -0.15) is 0 Å². The molecule has 2 aromatic rings. The molecule has 0 saturated heterocycles. The van der Waals surface area contributed by atoms with Gasteiger partial charge < -0.3 is 16.4 Å². The summed E-state index contributed by atoms with van der Waals surface area (Å²) in [5, 5.41) is 4.87. The van der Waals surface area contributed by atoms with E-state index in [2.05, 4.69) is 10.6 Å². The smallest absolute Gasteiger partial charge is 0.319 e. The summed E-state index contributed by atoms with van der Waals surface area (Å²) in [5.74, 6) is -1.71. The van der Waals surface area contributed by atoms with Crippen LogP contribution in [-0.4, -0.2) is 6.03 Å². The molecule has 0 radical (unpaired) electrons. The van der Waals surface area contributed by atoms with Crippen molar-refractivity contribution < 1.29 is 13.6 Å². The van der Waals surface area contributed by atoms with Crippen LogP contribution in [0.5, 0.6) is 0 Å². The third-order valence-corrected chi connectivity index (χ3v) is 3.02. The van der Waals surface area contributed by atoms with Crippen LogP contribution in [0.2, 0.25) is 0 Å². The number of aryl methyl sites for hydroxylation is 1. The lowest BCUT2D eigenvalue weighted by atomic mass is 10.1. The van der Waals surface area contributed by atoms with Gasteiger partial charge in [-0.15, -0.1) is 0 Å². The predicted octanol–water partition coefficient (Wildman–Crippen LogP) is 3.18. The van der Waals surface area contributed by atoms with E-state index in [1.807, 2.05) is 31.2 Å². The van der Waals surface area contributed by atoms with Crippen molar-refractivity contribution in [1.82, 2.24) is 5.32 Å². The van der Waals surface area contributed by atoms with Gasteiger partial charge in [0.25, 0.3) is 0 Å². The third-order valence-electron chi connectivity index (χ3n) is 3.02. The summed E-state index contributed by atoms with van der Waals surface area (Å²) in [6.45, 7) is 2.22. The fraction of sp³-hybridized carbons (Fsp3) is 0.133. The van der Waals surface area contributed by atoms with E-state index >= 15 is 0 Å². The highest BCUT2D eigenvalue weighted by Gasteiger charge is 2.12. The van der Waals surface area contributed by atoms with Crippen molar-refractivity contribution in [2.75, 3.05) is 11.1 Å². The van der Waals surface area contributed by atoms with Gasteiger partial charge in [0.1, 0.15) is 11.5 Å². The summed E-state index contributed by atoms with van der Waals surface area (Å²) in [6, 6.07) is 8.55. The minimum absolute atomic E-state index is 0.168. The molecule has 0 saturated carbocycles. The van der Waals surface area contributed by atoms with Gasteiger partial charge in [0, 0.05) is 12.6 Å². The first-order valence-corrected chi connectivity index (χ1v) is 6.31. The molecule has 2 amide bonds. The topological polar surface area (TPSA) is 67.2 Å². The number of hydrogen-bond acceptors (Lipinski definition) is 2. The van der Waals surface area contributed by atoms with E-state index in [1.54, 1.807) is 0 Å². The lowest BCUT2D eigenvalue weighted by Gasteiger charge is -2.11. The molecule has 0 aromatic heterocycles. The zero-order valence-electron chi connectivity index (χ0n) is 11.4. The minimum Gasteiger partial charge on any atom is -0.397 e.